The predicted molar refractivity (Wildman–Crippen MR) is 129 cm³/mol. The van der Waals surface area contributed by atoms with Crippen LogP contribution in [0.25, 0.3) is 22.2 Å². The molecule has 7 heteroatoms. The topological polar surface area (TPSA) is 102 Å². The fourth-order valence-electron chi connectivity index (χ4n) is 4.57. The van der Waals surface area contributed by atoms with Gasteiger partial charge in [0.1, 0.15) is 11.3 Å². The van der Waals surface area contributed by atoms with Crippen molar-refractivity contribution in [3.63, 3.8) is 0 Å². The van der Waals surface area contributed by atoms with Crippen LogP contribution in [-0.4, -0.2) is 29.0 Å². The summed E-state index contributed by atoms with van der Waals surface area (Å²) >= 11 is 0. The van der Waals surface area contributed by atoms with Gasteiger partial charge in [-0.05, 0) is 48.2 Å². The molecule has 34 heavy (non-hydrogen) atoms. The molecule has 5 rings (SSSR count). The van der Waals surface area contributed by atoms with E-state index in [0.717, 1.165) is 28.8 Å². The first-order chi connectivity index (χ1) is 16.5. The van der Waals surface area contributed by atoms with Gasteiger partial charge in [-0.2, -0.15) is 4.98 Å². The number of anilines is 2. The number of nitrogens with one attached hydrogen (secondary N) is 1. The number of aliphatic carboxylic acids is 1. The summed E-state index contributed by atoms with van der Waals surface area (Å²) in [6.07, 6.45) is 1.99. The molecule has 1 aliphatic rings. The van der Waals surface area contributed by atoms with Crippen LogP contribution in [0.15, 0.2) is 71.1 Å². The summed E-state index contributed by atoms with van der Waals surface area (Å²) in [6.45, 7) is 0. The maximum absolute atomic E-state index is 12.8. The molecule has 172 valence electrons. The number of methoxy groups -OCH3 is 1. The van der Waals surface area contributed by atoms with Crippen LogP contribution in [-0.2, 0) is 4.79 Å². The highest BCUT2D eigenvalue weighted by atomic mass is 16.5. The number of ketones is 1. The van der Waals surface area contributed by atoms with Crippen LogP contribution in [0.1, 0.15) is 29.6 Å². The van der Waals surface area contributed by atoms with Crippen LogP contribution >= 0.6 is 0 Å². The number of fused-ring (bicyclic) bond motifs is 1. The number of rotatable bonds is 7. The van der Waals surface area contributed by atoms with E-state index in [0.29, 0.717) is 35.8 Å². The third kappa shape index (κ3) is 4.24. The van der Waals surface area contributed by atoms with Gasteiger partial charge >= 0.3 is 5.97 Å². The van der Waals surface area contributed by atoms with Crippen molar-refractivity contribution in [2.45, 2.75) is 19.3 Å². The van der Waals surface area contributed by atoms with E-state index in [1.807, 2.05) is 48.5 Å². The fourth-order valence-corrected chi connectivity index (χ4v) is 4.57. The number of Topliss-reactive ketones (excluding diaryl/α,β-unsaturated/α-hetero) is 1. The molecule has 0 saturated heterocycles. The Hall–Kier alpha value is -4.13. The highest BCUT2D eigenvalue weighted by molar-refractivity contribution is 6.00. The number of aromatic nitrogens is 1. The lowest BCUT2D eigenvalue weighted by Gasteiger charge is -2.14. The monoisotopic (exact) mass is 456 g/mol. The fraction of sp³-hybridized carbons (Fsp3) is 0.222. The van der Waals surface area contributed by atoms with Crippen molar-refractivity contribution < 1.29 is 23.8 Å². The van der Waals surface area contributed by atoms with Gasteiger partial charge in [0.05, 0.1) is 13.0 Å². The molecule has 0 radical (unpaired) electrons. The molecule has 1 heterocycles. The van der Waals surface area contributed by atoms with E-state index in [1.54, 1.807) is 25.3 Å². The molecule has 1 aromatic heterocycles. The van der Waals surface area contributed by atoms with Gasteiger partial charge in [0, 0.05) is 23.2 Å². The SMILES string of the molecule is COc1ccc2nc(Nc3ccc(-c4ccc(C(=O)C5CCCC5C(=O)O)cc4)cc3)oc2c1. The highest BCUT2D eigenvalue weighted by Crippen LogP contribution is 2.35. The molecule has 7 nitrogen and oxygen atoms in total. The van der Waals surface area contributed by atoms with Gasteiger partial charge < -0.3 is 19.6 Å². The lowest BCUT2D eigenvalue weighted by atomic mass is 9.88. The van der Waals surface area contributed by atoms with Crippen LogP contribution < -0.4 is 10.1 Å². The Kier molecular flexibility index (Phi) is 5.76. The molecular weight excluding hydrogens is 432 g/mol. The second kappa shape index (κ2) is 9.02. The van der Waals surface area contributed by atoms with Gasteiger partial charge in [0.15, 0.2) is 11.4 Å². The number of ether oxygens (including phenoxy) is 1. The van der Waals surface area contributed by atoms with Crippen molar-refractivity contribution in [1.82, 2.24) is 4.98 Å². The summed E-state index contributed by atoms with van der Waals surface area (Å²) in [5.41, 5.74) is 4.74. The summed E-state index contributed by atoms with van der Waals surface area (Å²) in [4.78, 5) is 28.7. The second-order valence-corrected chi connectivity index (χ2v) is 8.48. The first kappa shape index (κ1) is 21.7. The van der Waals surface area contributed by atoms with Gasteiger partial charge in [-0.3, -0.25) is 9.59 Å². The minimum atomic E-state index is -0.876. The Morgan fingerprint density at radius 3 is 2.32 bits per heavy atom. The Balaban J connectivity index is 1.28. The quantitative estimate of drug-likeness (QED) is 0.332. The van der Waals surface area contributed by atoms with Crippen molar-refractivity contribution in [2.75, 3.05) is 12.4 Å². The molecule has 2 unspecified atom stereocenters. The molecule has 3 aromatic carbocycles. The average molecular weight is 456 g/mol. The van der Waals surface area contributed by atoms with E-state index in [9.17, 15) is 14.7 Å². The molecular formula is C27H24N2O5. The molecule has 2 atom stereocenters. The third-order valence-corrected chi connectivity index (χ3v) is 6.40. The average Bonchev–Trinajstić information content (AvgIpc) is 3.51. The summed E-state index contributed by atoms with van der Waals surface area (Å²) in [5.74, 6) is -1.25. The van der Waals surface area contributed by atoms with Gasteiger partial charge in [0.25, 0.3) is 6.01 Å². The number of oxazole rings is 1. The zero-order valence-corrected chi connectivity index (χ0v) is 18.7. The maximum Gasteiger partial charge on any atom is 0.307 e. The smallest absolute Gasteiger partial charge is 0.307 e. The van der Waals surface area contributed by atoms with Gasteiger partial charge in [-0.25, -0.2) is 0 Å². The number of carbonyl (C=O) groups excluding carboxylic acids is 1. The maximum atomic E-state index is 12.8. The summed E-state index contributed by atoms with van der Waals surface area (Å²) in [5, 5.41) is 12.5. The Bertz CT molecular complexity index is 1340. The van der Waals surface area contributed by atoms with Crippen molar-refractivity contribution in [2.24, 2.45) is 11.8 Å². The number of benzene rings is 3. The second-order valence-electron chi connectivity index (χ2n) is 8.48. The number of carboxylic acids is 1. The zero-order chi connectivity index (χ0) is 23.7. The van der Waals surface area contributed by atoms with Crippen LogP contribution in [0.5, 0.6) is 5.75 Å². The van der Waals surface area contributed by atoms with E-state index in [-0.39, 0.29) is 5.78 Å². The number of hydrogen-bond donors (Lipinski definition) is 2. The molecule has 4 aromatic rings. The number of carboxylic acid groups (broad SMARTS) is 1. The molecule has 2 N–H and O–H groups in total. The standard InChI is InChI=1S/C27H24N2O5/c1-33-20-13-14-23-24(15-20)34-27(29-23)28-19-11-9-17(10-12-19)16-5-7-18(8-6-16)25(30)21-3-2-4-22(21)26(31)32/h5-15,21-22H,2-4H2,1H3,(H,28,29)(H,31,32). The molecule has 1 aliphatic carbocycles. The lowest BCUT2D eigenvalue weighted by molar-refractivity contribution is -0.142. The summed E-state index contributed by atoms with van der Waals surface area (Å²) in [7, 11) is 1.61. The summed E-state index contributed by atoms with van der Waals surface area (Å²) < 4.78 is 11.0. The first-order valence-electron chi connectivity index (χ1n) is 11.2. The van der Waals surface area contributed by atoms with Crippen LogP contribution in [0, 0.1) is 11.8 Å². The number of nitrogens with zero attached hydrogens (tertiary/aromatic N) is 1. The van der Waals surface area contributed by atoms with Crippen LogP contribution in [0.3, 0.4) is 0 Å². The third-order valence-electron chi connectivity index (χ3n) is 6.40. The largest absolute Gasteiger partial charge is 0.497 e. The van der Waals surface area contributed by atoms with Gasteiger partial charge in [-0.15, -0.1) is 0 Å². The molecule has 1 fully saturated rings. The molecule has 0 bridgehead atoms. The highest BCUT2D eigenvalue weighted by Gasteiger charge is 2.37. The summed E-state index contributed by atoms with van der Waals surface area (Å²) in [6, 6.07) is 21.0. The van der Waals surface area contributed by atoms with Crippen molar-refractivity contribution in [3.05, 3.63) is 72.3 Å². The van der Waals surface area contributed by atoms with E-state index in [2.05, 4.69) is 10.3 Å². The Morgan fingerprint density at radius 2 is 1.65 bits per heavy atom. The van der Waals surface area contributed by atoms with Gasteiger partial charge in [0.2, 0.25) is 0 Å². The molecule has 0 aliphatic heterocycles. The normalized spacial score (nSPS) is 17.6. The van der Waals surface area contributed by atoms with E-state index in [1.165, 1.54) is 0 Å². The molecule has 0 spiro atoms. The van der Waals surface area contributed by atoms with Gasteiger partial charge in [-0.1, -0.05) is 42.8 Å². The molecule has 0 amide bonds. The van der Waals surface area contributed by atoms with Crippen LogP contribution in [0.2, 0.25) is 0 Å². The van der Waals surface area contributed by atoms with E-state index >= 15 is 0 Å². The minimum Gasteiger partial charge on any atom is -0.497 e. The predicted octanol–water partition coefficient (Wildman–Crippen LogP) is 5.93. The number of carbonyl (C=O) groups is 2. The van der Waals surface area contributed by atoms with E-state index < -0.39 is 17.8 Å². The van der Waals surface area contributed by atoms with Crippen molar-refractivity contribution in [3.8, 4) is 16.9 Å². The Morgan fingerprint density at radius 1 is 0.971 bits per heavy atom. The van der Waals surface area contributed by atoms with Crippen LogP contribution in [0.4, 0.5) is 11.7 Å². The van der Waals surface area contributed by atoms with E-state index in [4.69, 9.17) is 9.15 Å². The minimum absolute atomic E-state index is 0.0769. The van der Waals surface area contributed by atoms with Crippen molar-refractivity contribution in [1.29, 1.82) is 0 Å². The zero-order valence-electron chi connectivity index (χ0n) is 18.7. The lowest BCUT2D eigenvalue weighted by Crippen LogP contribution is -2.25. The molecule has 1 saturated carbocycles. The first-order valence-corrected chi connectivity index (χ1v) is 11.2. The van der Waals surface area contributed by atoms with Crippen molar-refractivity contribution >= 4 is 34.6 Å². The Labute approximate surface area is 196 Å². The number of hydrogen-bond acceptors (Lipinski definition) is 6.